The molecule has 0 spiro atoms. The van der Waals surface area contributed by atoms with Crippen molar-refractivity contribution in [1.29, 1.82) is 0 Å². The molecule has 0 radical (unpaired) electrons. The molecule has 0 saturated heterocycles. The number of benzene rings is 4. The van der Waals surface area contributed by atoms with Crippen molar-refractivity contribution in [2.45, 2.75) is 0 Å². The minimum Gasteiger partial charge on any atom is -0.265 e. The topological polar surface area (TPSA) is 64.7 Å². The largest absolute Gasteiger partial charge is 0.265 e. The average Bonchev–Trinajstić information content (AvgIpc) is 3.98. The van der Waals surface area contributed by atoms with Crippen molar-refractivity contribution < 1.29 is 4.63 Å². The normalized spacial score (nSPS) is 11.3. The lowest BCUT2D eigenvalue weighted by Gasteiger charge is -2.10. The predicted molar refractivity (Wildman–Crippen MR) is 201 cm³/mol. The lowest BCUT2D eigenvalue weighted by atomic mass is 9.99. The molecule has 0 N–H and O–H groups in total. The van der Waals surface area contributed by atoms with E-state index in [9.17, 15) is 0 Å². The quantitative estimate of drug-likeness (QED) is 0.169. The molecule has 232 valence electrons. The van der Waals surface area contributed by atoms with Crippen molar-refractivity contribution >= 4 is 33.7 Å². The average molecular weight is 667 g/mol. The fraction of sp³-hybridized carbons (Fsp3) is 0. The Morgan fingerprint density at radius 3 is 1.63 bits per heavy atom. The van der Waals surface area contributed by atoms with E-state index in [1.165, 1.54) is 22.3 Å². The summed E-state index contributed by atoms with van der Waals surface area (Å²) in [4.78, 5) is 12.8. The Kier molecular flexibility index (Phi) is 7.46. The molecular weight excluding hydrogens is 641 g/mol. The number of rotatable bonds is 7. The minimum absolute atomic E-state index is 0.641. The van der Waals surface area contributed by atoms with Gasteiger partial charge < -0.3 is 0 Å². The summed E-state index contributed by atoms with van der Waals surface area (Å²) in [6.07, 6.45) is 3.59. The highest BCUT2D eigenvalue weighted by atomic mass is 32.1. The highest BCUT2D eigenvalue weighted by Crippen LogP contribution is 2.45. The van der Waals surface area contributed by atoms with Crippen molar-refractivity contribution in [3.63, 3.8) is 0 Å². The van der Waals surface area contributed by atoms with Gasteiger partial charge >= 0.3 is 0 Å². The third-order valence-electron chi connectivity index (χ3n) is 8.65. The Bertz CT molecular complexity index is 2520. The predicted octanol–water partition coefficient (Wildman–Crippen LogP) is 11.8. The lowest BCUT2D eigenvalue weighted by molar-refractivity contribution is 0.315. The van der Waals surface area contributed by atoms with Crippen molar-refractivity contribution in [2.75, 3.05) is 0 Å². The molecule has 0 saturated carbocycles. The van der Waals surface area contributed by atoms with Gasteiger partial charge in [0.1, 0.15) is 11.2 Å². The van der Waals surface area contributed by atoms with Crippen LogP contribution < -0.4 is 0 Å². The van der Waals surface area contributed by atoms with Crippen LogP contribution in [0.25, 0.3) is 87.1 Å². The maximum atomic E-state index is 5.43. The smallest absolute Gasteiger partial charge is 0.163 e. The lowest BCUT2D eigenvalue weighted by Crippen LogP contribution is -1.94. The van der Waals surface area contributed by atoms with Crippen molar-refractivity contribution in [1.82, 2.24) is 20.3 Å². The Hall–Kier alpha value is -6.02. The van der Waals surface area contributed by atoms with Crippen LogP contribution in [0, 0.1) is 0 Å². The van der Waals surface area contributed by atoms with Crippen molar-refractivity contribution in [3.05, 3.63) is 157 Å². The van der Waals surface area contributed by atoms with Crippen LogP contribution in [0.3, 0.4) is 0 Å². The maximum Gasteiger partial charge on any atom is 0.163 e. The second kappa shape index (κ2) is 12.5. The summed E-state index contributed by atoms with van der Waals surface area (Å²) in [6, 6.07) is 48.7. The van der Waals surface area contributed by atoms with E-state index in [4.69, 9.17) is 9.61 Å². The second-order valence-corrected chi connectivity index (χ2v) is 13.6. The summed E-state index contributed by atoms with van der Waals surface area (Å²) in [6.45, 7) is 0. The van der Waals surface area contributed by atoms with E-state index in [2.05, 4.69) is 136 Å². The van der Waals surface area contributed by atoms with Gasteiger partial charge in [-0.1, -0.05) is 109 Å². The van der Waals surface area contributed by atoms with E-state index in [0.717, 1.165) is 53.8 Å². The first-order valence-corrected chi connectivity index (χ1v) is 17.6. The number of hydrogen-bond donors (Lipinski definition) is 0. The molecule has 0 unspecified atom stereocenters. The van der Waals surface area contributed by atoms with Gasteiger partial charge in [0.15, 0.2) is 5.52 Å². The zero-order valence-corrected chi connectivity index (χ0v) is 27.7. The van der Waals surface area contributed by atoms with Crippen LogP contribution in [-0.2, 0) is 0 Å². The number of aromatic nitrogens is 4. The van der Waals surface area contributed by atoms with E-state index in [0.29, 0.717) is 11.0 Å². The van der Waals surface area contributed by atoms with Gasteiger partial charge in [0.2, 0.25) is 0 Å². The molecule has 5 aromatic heterocycles. The molecule has 4 aromatic carbocycles. The van der Waals surface area contributed by atoms with E-state index in [1.54, 1.807) is 35.1 Å². The molecule has 5 nitrogen and oxygen atoms in total. The molecule has 0 aliphatic heterocycles. The van der Waals surface area contributed by atoms with E-state index >= 15 is 0 Å². The molecule has 5 heterocycles. The monoisotopic (exact) mass is 666 g/mol. The molecule has 0 bridgehead atoms. The van der Waals surface area contributed by atoms with E-state index in [-0.39, 0.29) is 0 Å². The molecule has 0 aliphatic carbocycles. The SMILES string of the molecule is c1ccc(-c2ccc(-c3csc(-c4c(-c5ccncc5)nc(-c5ccc(-c6ccc(-c7ccccc7)cc6)s5)c5nonc45)c3)cc2)cc1. The number of fused-ring (bicyclic) bond motifs is 1. The molecule has 0 atom stereocenters. The first-order valence-electron chi connectivity index (χ1n) is 15.9. The van der Waals surface area contributed by atoms with Gasteiger partial charge in [0.05, 0.1) is 10.6 Å². The molecule has 0 aliphatic rings. The van der Waals surface area contributed by atoms with E-state index < -0.39 is 0 Å². The first-order chi connectivity index (χ1) is 24.3. The Labute approximate surface area is 290 Å². The van der Waals surface area contributed by atoms with Gasteiger partial charge in [0, 0.05) is 33.3 Å². The maximum absolute atomic E-state index is 5.43. The molecule has 0 fully saturated rings. The highest BCUT2D eigenvalue weighted by Gasteiger charge is 2.24. The first kappa shape index (κ1) is 29.1. The summed E-state index contributed by atoms with van der Waals surface area (Å²) >= 11 is 3.35. The number of pyridine rings is 2. The summed E-state index contributed by atoms with van der Waals surface area (Å²) < 4.78 is 5.43. The number of hydrogen-bond acceptors (Lipinski definition) is 7. The molecular formula is C42H26N4OS2. The van der Waals surface area contributed by atoms with Crippen LogP contribution in [-0.4, -0.2) is 20.3 Å². The van der Waals surface area contributed by atoms with Crippen molar-refractivity contribution in [2.24, 2.45) is 0 Å². The van der Waals surface area contributed by atoms with E-state index in [1.807, 2.05) is 24.3 Å². The zero-order chi connectivity index (χ0) is 32.6. The Balaban J connectivity index is 1.11. The van der Waals surface area contributed by atoms with Gasteiger partial charge in [-0.05, 0) is 85.0 Å². The van der Waals surface area contributed by atoms with Gasteiger partial charge in [-0.15, -0.1) is 22.7 Å². The summed E-state index contributed by atoms with van der Waals surface area (Å²) in [5.74, 6) is 0. The summed E-state index contributed by atoms with van der Waals surface area (Å²) in [5.41, 5.74) is 13.0. The minimum atomic E-state index is 0.641. The fourth-order valence-electron chi connectivity index (χ4n) is 6.15. The second-order valence-electron chi connectivity index (χ2n) is 11.6. The Morgan fingerprint density at radius 2 is 0.980 bits per heavy atom. The number of nitrogens with zero attached hydrogens (tertiary/aromatic N) is 4. The molecule has 49 heavy (non-hydrogen) atoms. The van der Waals surface area contributed by atoms with Gasteiger partial charge in [0.25, 0.3) is 0 Å². The van der Waals surface area contributed by atoms with Crippen LogP contribution in [0.4, 0.5) is 0 Å². The van der Waals surface area contributed by atoms with Crippen molar-refractivity contribution in [3.8, 4) is 76.1 Å². The van der Waals surface area contributed by atoms with Crippen LogP contribution in [0.15, 0.2) is 162 Å². The standard InChI is InChI=1S/C42H26N4OS2/c1-3-7-27(8-4-1)29-11-13-31(14-12-29)34-25-37(48-26-34)38-39(33-21-23-43-24-22-33)44-40(42-41(38)45-47-46-42)36-20-19-35(49-36)32-17-15-30(16-18-32)28-9-5-2-6-10-28/h1-26H. The molecule has 7 heteroatoms. The van der Waals surface area contributed by atoms with Gasteiger partial charge in [-0.25, -0.2) is 9.61 Å². The molecule has 9 rings (SSSR count). The Morgan fingerprint density at radius 1 is 0.429 bits per heavy atom. The van der Waals surface area contributed by atoms with Crippen LogP contribution in [0.5, 0.6) is 0 Å². The summed E-state index contributed by atoms with van der Waals surface area (Å²) in [7, 11) is 0. The fourth-order valence-corrected chi connectivity index (χ4v) is 8.11. The van der Waals surface area contributed by atoms with Gasteiger partial charge in [-0.3, -0.25) is 4.98 Å². The zero-order valence-electron chi connectivity index (χ0n) is 26.0. The van der Waals surface area contributed by atoms with Crippen LogP contribution in [0.1, 0.15) is 0 Å². The molecule has 0 amide bonds. The summed E-state index contributed by atoms with van der Waals surface area (Å²) in [5, 5.41) is 11.1. The molecule has 9 aromatic rings. The third-order valence-corrected chi connectivity index (χ3v) is 10.7. The third kappa shape index (κ3) is 5.55. The van der Waals surface area contributed by atoms with Crippen LogP contribution >= 0.6 is 22.7 Å². The highest BCUT2D eigenvalue weighted by molar-refractivity contribution is 7.18. The van der Waals surface area contributed by atoms with Crippen LogP contribution in [0.2, 0.25) is 0 Å². The van der Waals surface area contributed by atoms with Gasteiger partial charge in [-0.2, -0.15) is 0 Å². The number of thiophene rings is 2.